The van der Waals surface area contributed by atoms with Crippen molar-refractivity contribution >= 4 is 23.3 Å². The fourth-order valence-electron chi connectivity index (χ4n) is 5.20. The number of carbonyl (C=O) groups excluding carboxylic acids is 1. The van der Waals surface area contributed by atoms with Crippen molar-refractivity contribution < 1.29 is 14.3 Å². The van der Waals surface area contributed by atoms with Gasteiger partial charge in [-0.1, -0.05) is 31.2 Å². The summed E-state index contributed by atoms with van der Waals surface area (Å²) in [5.41, 5.74) is 4.17. The van der Waals surface area contributed by atoms with Gasteiger partial charge < -0.3 is 14.4 Å². The zero-order chi connectivity index (χ0) is 28.1. The number of carbonyl (C=O) groups is 1. The summed E-state index contributed by atoms with van der Waals surface area (Å²) in [6.07, 6.45) is 8.05. The van der Waals surface area contributed by atoms with Crippen LogP contribution in [-0.2, 0) is 29.6 Å². The number of piperidine rings is 1. The van der Waals surface area contributed by atoms with Gasteiger partial charge in [0.15, 0.2) is 0 Å². The molecule has 1 atom stereocenters. The summed E-state index contributed by atoms with van der Waals surface area (Å²) in [7, 11) is 1.82. The molecule has 0 unspecified atom stereocenters. The number of hydrogen-bond donors (Lipinski definition) is 0. The predicted octanol–water partition coefficient (Wildman–Crippen LogP) is 4.46. The summed E-state index contributed by atoms with van der Waals surface area (Å²) in [6.45, 7) is 7.82. The third kappa shape index (κ3) is 6.41. The van der Waals surface area contributed by atoms with Crippen molar-refractivity contribution in [3.63, 3.8) is 0 Å². The van der Waals surface area contributed by atoms with E-state index in [9.17, 15) is 4.79 Å². The van der Waals surface area contributed by atoms with E-state index in [0.29, 0.717) is 23.9 Å². The van der Waals surface area contributed by atoms with Gasteiger partial charge in [0.25, 0.3) is 0 Å². The normalized spacial score (nSPS) is 17.4. The average Bonchev–Trinajstić information content (AvgIpc) is 3.29. The van der Waals surface area contributed by atoms with E-state index in [1.807, 2.05) is 13.1 Å². The molecule has 3 aromatic rings. The van der Waals surface area contributed by atoms with Gasteiger partial charge in [-0.25, -0.2) is 14.6 Å². The lowest BCUT2D eigenvalue weighted by atomic mass is 9.85. The van der Waals surface area contributed by atoms with Crippen LogP contribution in [0.15, 0.2) is 24.8 Å². The maximum atomic E-state index is 12.2. The van der Waals surface area contributed by atoms with Crippen LogP contribution in [0.3, 0.4) is 0 Å². The van der Waals surface area contributed by atoms with E-state index in [1.165, 1.54) is 6.42 Å². The Hall–Kier alpha value is -3.60. The number of nitrogens with zero attached hydrogens (tertiary/aromatic N) is 8. The Morgan fingerprint density at radius 2 is 2.02 bits per heavy atom. The Kier molecular flexibility index (Phi) is 8.88. The molecule has 1 saturated heterocycles. The minimum atomic E-state index is -0.174. The van der Waals surface area contributed by atoms with Gasteiger partial charge in [-0.15, -0.1) is 5.10 Å². The van der Waals surface area contributed by atoms with Crippen LogP contribution < -0.4 is 9.64 Å². The largest absolute Gasteiger partial charge is 0.461 e. The molecular formula is C28H35ClN8O3. The molecule has 4 heterocycles. The van der Waals surface area contributed by atoms with Crippen LogP contribution in [0.1, 0.15) is 68.6 Å². The molecule has 212 valence electrons. The van der Waals surface area contributed by atoms with Gasteiger partial charge >= 0.3 is 12.0 Å². The zero-order valence-corrected chi connectivity index (χ0v) is 23.8. The SMILES string of the molecule is C=CCOC(=O)C[C@H]1CCCN(c2ccc(-c3nnn(C)c3COc3nc(Cl)nc(C4CCC4)n3)nc2CC)C1. The van der Waals surface area contributed by atoms with Gasteiger partial charge in [-0.3, -0.25) is 4.79 Å². The highest BCUT2D eigenvalue weighted by Gasteiger charge is 2.26. The number of pyridine rings is 1. The first-order valence-corrected chi connectivity index (χ1v) is 14.3. The van der Waals surface area contributed by atoms with Crippen molar-refractivity contribution in [1.29, 1.82) is 0 Å². The van der Waals surface area contributed by atoms with E-state index in [0.717, 1.165) is 68.0 Å². The van der Waals surface area contributed by atoms with Crippen LogP contribution in [0, 0.1) is 5.92 Å². The lowest BCUT2D eigenvalue weighted by molar-refractivity contribution is -0.143. The molecule has 11 nitrogen and oxygen atoms in total. The van der Waals surface area contributed by atoms with E-state index >= 15 is 0 Å². The summed E-state index contributed by atoms with van der Waals surface area (Å²) in [4.78, 5) is 32.4. The van der Waals surface area contributed by atoms with Crippen molar-refractivity contribution in [1.82, 2.24) is 34.9 Å². The van der Waals surface area contributed by atoms with Gasteiger partial charge in [-0.05, 0) is 61.8 Å². The average molecular weight is 567 g/mol. The fraction of sp³-hybridized carbons (Fsp3) is 0.536. The van der Waals surface area contributed by atoms with E-state index in [-0.39, 0.29) is 36.4 Å². The Morgan fingerprint density at radius 3 is 2.77 bits per heavy atom. The van der Waals surface area contributed by atoms with Crippen LogP contribution in [-0.4, -0.2) is 60.6 Å². The molecule has 1 saturated carbocycles. The minimum absolute atomic E-state index is 0.133. The van der Waals surface area contributed by atoms with Crippen LogP contribution in [0.4, 0.5) is 5.69 Å². The summed E-state index contributed by atoms with van der Waals surface area (Å²) >= 11 is 6.15. The molecule has 1 aliphatic carbocycles. The molecule has 0 bridgehead atoms. The van der Waals surface area contributed by atoms with E-state index in [1.54, 1.807) is 10.8 Å². The molecule has 0 N–H and O–H groups in total. The fourth-order valence-corrected chi connectivity index (χ4v) is 5.36. The smallest absolute Gasteiger partial charge is 0.321 e. The number of hydrogen-bond acceptors (Lipinski definition) is 10. The molecule has 0 spiro atoms. The molecule has 0 amide bonds. The van der Waals surface area contributed by atoms with Crippen LogP contribution in [0.25, 0.3) is 11.4 Å². The van der Waals surface area contributed by atoms with Crippen molar-refractivity contribution in [3.05, 3.63) is 47.3 Å². The second-order valence-corrected chi connectivity index (χ2v) is 10.7. The van der Waals surface area contributed by atoms with E-state index in [2.05, 4.69) is 49.7 Å². The van der Waals surface area contributed by atoms with E-state index in [4.69, 9.17) is 26.1 Å². The number of aryl methyl sites for hydroxylation is 2. The number of esters is 1. The first-order chi connectivity index (χ1) is 19.4. The maximum absolute atomic E-state index is 12.2. The minimum Gasteiger partial charge on any atom is -0.461 e. The highest BCUT2D eigenvalue weighted by molar-refractivity contribution is 6.28. The lowest BCUT2D eigenvalue weighted by Gasteiger charge is -2.35. The van der Waals surface area contributed by atoms with Crippen LogP contribution in [0.2, 0.25) is 5.28 Å². The topological polar surface area (TPSA) is 121 Å². The zero-order valence-electron chi connectivity index (χ0n) is 23.1. The molecular weight excluding hydrogens is 532 g/mol. The van der Waals surface area contributed by atoms with Crippen LogP contribution >= 0.6 is 11.6 Å². The van der Waals surface area contributed by atoms with Gasteiger partial charge in [-0.2, -0.15) is 9.97 Å². The summed E-state index contributed by atoms with van der Waals surface area (Å²) in [6, 6.07) is 4.26. The first-order valence-electron chi connectivity index (χ1n) is 13.9. The van der Waals surface area contributed by atoms with Crippen molar-refractivity contribution in [2.45, 2.75) is 64.4 Å². The first kappa shape index (κ1) is 27.9. The Labute approximate surface area is 239 Å². The number of aromatic nitrogens is 7. The summed E-state index contributed by atoms with van der Waals surface area (Å²) < 4.78 is 12.8. The van der Waals surface area contributed by atoms with Crippen LogP contribution in [0.5, 0.6) is 6.01 Å². The van der Waals surface area contributed by atoms with Gasteiger partial charge in [0.05, 0.1) is 23.5 Å². The summed E-state index contributed by atoms with van der Waals surface area (Å²) in [5, 5.41) is 8.75. The lowest BCUT2D eigenvalue weighted by Crippen LogP contribution is -2.37. The monoisotopic (exact) mass is 566 g/mol. The maximum Gasteiger partial charge on any atom is 0.321 e. The molecule has 5 rings (SSSR count). The molecule has 0 aromatic carbocycles. The molecule has 2 fully saturated rings. The quantitative estimate of drug-likeness (QED) is 0.243. The third-order valence-corrected chi connectivity index (χ3v) is 7.73. The van der Waals surface area contributed by atoms with Crippen molar-refractivity contribution in [2.24, 2.45) is 13.0 Å². The highest BCUT2D eigenvalue weighted by atomic mass is 35.5. The molecule has 40 heavy (non-hydrogen) atoms. The predicted molar refractivity (Wildman–Crippen MR) is 150 cm³/mol. The summed E-state index contributed by atoms with van der Waals surface area (Å²) in [5.74, 6) is 1.07. The molecule has 2 aliphatic rings. The number of ether oxygens (including phenoxy) is 2. The van der Waals surface area contributed by atoms with Crippen molar-refractivity contribution in [3.8, 4) is 17.4 Å². The van der Waals surface area contributed by atoms with Crippen molar-refractivity contribution in [2.75, 3.05) is 24.6 Å². The molecule has 12 heteroatoms. The Morgan fingerprint density at radius 1 is 1.18 bits per heavy atom. The number of rotatable bonds is 11. The molecule has 0 radical (unpaired) electrons. The number of anilines is 1. The molecule has 3 aromatic heterocycles. The Bertz CT molecular complexity index is 1360. The third-order valence-electron chi connectivity index (χ3n) is 7.56. The second kappa shape index (κ2) is 12.7. The van der Waals surface area contributed by atoms with Gasteiger partial charge in [0.2, 0.25) is 5.28 Å². The molecule has 1 aliphatic heterocycles. The van der Waals surface area contributed by atoms with Gasteiger partial charge in [0, 0.05) is 26.1 Å². The second-order valence-electron chi connectivity index (χ2n) is 10.3. The highest BCUT2D eigenvalue weighted by Crippen LogP contribution is 2.35. The Balaban J connectivity index is 1.31. The van der Waals surface area contributed by atoms with E-state index < -0.39 is 0 Å². The number of halogens is 1. The van der Waals surface area contributed by atoms with Gasteiger partial charge in [0.1, 0.15) is 30.4 Å². The standard InChI is InChI=1S/C28H35ClN8O3/c1-4-14-39-24(38)15-18-8-7-13-37(16-18)22-12-11-21(30-20(22)5-2)25-23(36(3)35-34-25)17-40-28-32-26(19-9-6-10-19)31-27(29)33-28/h4,11-12,18-19H,1,5-10,13-17H2,2-3H3/t18-/m1/s1.